The molecule has 0 unspecified atom stereocenters. The molecule has 0 bridgehead atoms. The molecule has 0 aromatic heterocycles. The van der Waals surface area contributed by atoms with Gasteiger partial charge < -0.3 is 10.6 Å². The van der Waals surface area contributed by atoms with Crippen molar-refractivity contribution in [3.63, 3.8) is 0 Å². The van der Waals surface area contributed by atoms with Gasteiger partial charge in [-0.15, -0.1) is 0 Å². The fourth-order valence-corrected chi connectivity index (χ4v) is 4.34. The van der Waals surface area contributed by atoms with Gasteiger partial charge in [0.2, 0.25) is 0 Å². The Bertz CT molecular complexity index is 1090. The second-order valence-corrected chi connectivity index (χ2v) is 8.84. The van der Waals surface area contributed by atoms with E-state index < -0.39 is 49.8 Å². The minimum absolute atomic E-state index is 0.0272. The molecule has 0 spiro atoms. The molecule has 0 radical (unpaired) electrons. The minimum atomic E-state index is -6.32. The first-order valence-corrected chi connectivity index (χ1v) is 11.3. The summed E-state index contributed by atoms with van der Waals surface area (Å²) in [4.78, 5) is 12.6. The Labute approximate surface area is 210 Å². The van der Waals surface area contributed by atoms with Crippen LogP contribution in [0.25, 0.3) is 0 Å². The van der Waals surface area contributed by atoms with Crippen molar-refractivity contribution < 1.29 is 39.9 Å². The van der Waals surface area contributed by atoms with Gasteiger partial charge in [-0.25, -0.2) is 8.78 Å². The van der Waals surface area contributed by atoms with Crippen molar-refractivity contribution in [1.29, 1.82) is 5.26 Å². The van der Waals surface area contributed by atoms with Crippen LogP contribution < -0.4 is 10.6 Å². The van der Waals surface area contributed by atoms with Crippen LogP contribution in [0.3, 0.4) is 0 Å². The fourth-order valence-electron chi connectivity index (χ4n) is 2.96. The molecule has 2 aromatic carbocycles. The highest BCUT2D eigenvalue weighted by Gasteiger charge is 2.73. The zero-order valence-corrected chi connectivity index (χ0v) is 20.5. The van der Waals surface area contributed by atoms with Gasteiger partial charge in [0.05, 0.1) is 23.0 Å². The minimum Gasteiger partial charge on any atom is -0.383 e. The van der Waals surface area contributed by atoms with Crippen molar-refractivity contribution in [3.8, 4) is 6.07 Å². The Hall–Kier alpha value is -2.40. The molecule has 0 aliphatic carbocycles. The number of rotatable bonds is 8. The molecule has 0 saturated carbocycles. The maximum Gasteiger partial charge on any atom is 0.435 e. The first-order chi connectivity index (χ1) is 16.1. The molecule has 14 heteroatoms. The van der Waals surface area contributed by atoms with E-state index in [9.17, 15) is 39.9 Å². The summed E-state index contributed by atoms with van der Waals surface area (Å²) in [7, 11) is 0. The Morgan fingerprint density at radius 3 is 2.06 bits per heavy atom. The van der Waals surface area contributed by atoms with Crippen LogP contribution in [0.5, 0.6) is 0 Å². The summed E-state index contributed by atoms with van der Waals surface area (Å²) in [6, 6.07) is 6.25. The average Bonchev–Trinajstić information content (AvgIpc) is 2.74. The summed E-state index contributed by atoms with van der Waals surface area (Å²) in [6.07, 6.45) is -11.2. The number of nitriles is 1. The molecule has 0 atom stereocenters. The molecule has 1 amide bonds. The van der Waals surface area contributed by atoms with Gasteiger partial charge in [-0.2, -0.15) is 31.6 Å². The van der Waals surface area contributed by atoms with E-state index in [-0.39, 0.29) is 23.5 Å². The number of halogens is 10. The number of nitrogens with one attached hydrogen (secondary N) is 2. The molecule has 35 heavy (non-hydrogen) atoms. The van der Waals surface area contributed by atoms with E-state index in [1.54, 1.807) is 0 Å². The lowest BCUT2D eigenvalue weighted by Crippen LogP contribution is -2.50. The molecule has 2 N–H and O–H groups in total. The monoisotopic (exact) mass is 635 g/mol. The lowest BCUT2D eigenvalue weighted by atomic mass is 9.94. The van der Waals surface area contributed by atoms with Crippen molar-refractivity contribution in [2.24, 2.45) is 0 Å². The van der Waals surface area contributed by atoms with Gasteiger partial charge in [0.15, 0.2) is 5.82 Å². The van der Waals surface area contributed by atoms with E-state index in [2.05, 4.69) is 42.5 Å². The van der Waals surface area contributed by atoms with Crippen molar-refractivity contribution in [1.82, 2.24) is 0 Å². The summed E-state index contributed by atoms with van der Waals surface area (Å²) in [5, 5.41) is 13.5. The molecular weight excluding hydrogens is 622 g/mol. The Morgan fingerprint density at radius 1 is 0.971 bits per heavy atom. The molecule has 0 aliphatic heterocycles. The number of alkyl halides is 7. The number of carbonyl (C=O) groups is 1. The highest BCUT2D eigenvalue weighted by Crippen LogP contribution is 2.54. The van der Waals surface area contributed by atoms with Gasteiger partial charge in [0.1, 0.15) is 0 Å². The summed E-state index contributed by atoms with van der Waals surface area (Å²) in [5.41, 5.74) is -8.30. The molecule has 0 fully saturated rings. The topological polar surface area (TPSA) is 64.9 Å². The highest BCUT2D eigenvalue weighted by molar-refractivity contribution is 9.11. The number of anilines is 2. The van der Waals surface area contributed by atoms with Gasteiger partial charge in [-0.3, -0.25) is 4.79 Å². The lowest BCUT2D eigenvalue weighted by molar-refractivity contribution is -0.348. The van der Waals surface area contributed by atoms with Gasteiger partial charge in [0, 0.05) is 27.5 Å². The SMILES string of the molecule is N#CCCCCNc1cccc(C(=O)Nc2c(Br)cc(C(F)(C(F)(F)F)C(F)(F)F)cc2Br)c1F. The normalized spacial score (nSPS) is 12.3. The predicted octanol–water partition coefficient (Wildman–Crippen LogP) is 8.00. The van der Waals surface area contributed by atoms with Gasteiger partial charge in [-0.05, 0) is 69.0 Å². The van der Waals surface area contributed by atoms with Gasteiger partial charge >= 0.3 is 18.0 Å². The number of amides is 1. The third-order valence-electron chi connectivity index (χ3n) is 4.73. The smallest absolute Gasteiger partial charge is 0.383 e. The van der Waals surface area contributed by atoms with E-state index in [0.29, 0.717) is 25.8 Å². The van der Waals surface area contributed by atoms with E-state index in [4.69, 9.17) is 5.26 Å². The molecule has 190 valence electrons. The number of hydrogen-bond donors (Lipinski definition) is 2. The van der Waals surface area contributed by atoms with Crippen molar-refractivity contribution in [2.45, 2.75) is 37.3 Å². The van der Waals surface area contributed by atoms with Crippen molar-refractivity contribution in [2.75, 3.05) is 17.2 Å². The van der Waals surface area contributed by atoms with Crippen molar-refractivity contribution >= 4 is 49.1 Å². The van der Waals surface area contributed by atoms with Crippen LogP contribution >= 0.6 is 31.9 Å². The maximum absolute atomic E-state index is 14.8. The summed E-state index contributed by atoms with van der Waals surface area (Å²) < 4.78 is 106. The molecular formula is C21H15Br2F8N3O. The van der Waals surface area contributed by atoms with E-state index in [1.165, 1.54) is 12.1 Å². The maximum atomic E-state index is 14.8. The molecule has 0 heterocycles. The third-order valence-corrected chi connectivity index (χ3v) is 5.98. The van der Waals surface area contributed by atoms with Crippen molar-refractivity contribution in [3.05, 3.63) is 56.2 Å². The number of benzene rings is 2. The van der Waals surface area contributed by atoms with E-state index in [0.717, 1.165) is 6.07 Å². The molecule has 2 rings (SSSR count). The van der Waals surface area contributed by atoms with Crippen LogP contribution in [0.2, 0.25) is 0 Å². The van der Waals surface area contributed by atoms with Gasteiger partial charge in [-0.1, -0.05) is 6.07 Å². The molecule has 0 saturated heterocycles. The fraction of sp³-hybridized carbons (Fsp3) is 0.333. The van der Waals surface area contributed by atoms with Crippen LogP contribution in [-0.4, -0.2) is 24.8 Å². The predicted molar refractivity (Wildman–Crippen MR) is 119 cm³/mol. The Morgan fingerprint density at radius 2 is 1.54 bits per heavy atom. The largest absolute Gasteiger partial charge is 0.435 e. The average molecular weight is 637 g/mol. The first kappa shape index (κ1) is 28.8. The Balaban J connectivity index is 2.33. The summed E-state index contributed by atoms with van der Waals surface area (Å²) >= 11 is 5.48. The summed E-state index contributed by atoms with van der Waals surface area (Å²) in [6.45, 7) is 0.311. The van der Waals surface area contributed by atoms with Crippen LogP contribution in [0.1, 0.15) is 35.2 Å². The summed E-state index contributed by atoms with van der Waals surface area (Å²) in [5.74, 6) is -2.02. The molecule has 0 aliphatic rings. The van der Waals surface area contributed by atoms with Crippen LogP contribution in [0.15, 0.2) is 39.3 Å². The van der Waals surface area contributed by atoms with Crippen LogP contribution in [0.4, 0.5) is 46.5 Å². The second kappa shape index (κ2) is 11.1. The Kier molecular flexibility index (Phi) is 9.16. The second-order valence-electron chi connectivity index (χ2n) is 7.13. The number of nitrogens with zero attached hydrogens (tertiary/aromatic N) is 1. The third kappa shape index (κ3) is 6.24. The van der Waals surface area contributed by atoms with E-state index >= 15 is 0 Å². The zero-order chi connectivity index (χ0) is 26.6. The lowest BCUT2D eigenvalue weighted by Gasteiger charge is -2.31. The van der Waals surface area contributed by atoms with Gasteiger partial charge in [0.25, 0.3) is 5.91 Å². The van der Waals surface area contributed by atoms with E-state index in [1.807, 2.05) is 6.07 Å². The quantitative estimate of drug-likeness (QED) is 0.228. The number of carbonyl (C=O) groups excluding carboxylic acids is 1. The number of hydrogen-bond acceptors (Lipinski definition) is 3. The number of unbranched alkanes of at least 4 members (excludes halogenated alkanes) is 2. The van der Waals surface area contributed by atoms with Crippen LogP contribution in [-0.2, 0) is 5.67 Å². The zero-order valence-electron chi connectivity index (χ0n) is 17.4. The first-order valence-electron chi connectivity index (χ1n) is 9.67. The molecule has 2 aromatic rings. The standard InChI is InChI=1S/C21H15Br2F8N3O/c22-13-9-11(19(25,20(26,27)28)21(29,30)31)10-14(23)17(13)34-18(35)12-5-4-6-15(16(12)24)33-8-3-1-2-7-32/h4-6,9-10,33H,1-3,8H2,(H,34,35). The van der Waals surface area contributed by atoms with Crippen LogP contribution in [0, 0.1) is 17.1 Å². The molecule has 4 nitrogen and oxygen atoms in total. The highest BCUT2D eigenvalue weighted by atomic mass is 79.9.